The van der Waals surface area contributed by atoms with Gasteiger partial charge in [0.25, 0.3) is 5.91 Å². The van der Waals surface area contributed by atoms with E-state index in [2.05, 4.69) is 6.42 Å². The fraction of sp³-hybridized carbons (Fsp3) is 0.385. The molecule has 1 saturated carbocycles. The zero-order chi connectivity index (χ0) is 10.3. The first-order chi connectivity index (χ1) is 7.34. The molecule has 1 aliphatic carbocycles. The zero-order valence-corrected chi connectivity index (χ0v) is 8.65. The van der Waals surface area contributed by atoms with Gasteiger partial charge in [-0.2, -0.15) is 0 Å². The van der Waals surface area contributed by atoms with Crippen LogP contribution < -0.4 is 0 Å². The average molecular weight is 200 g/mol. The molecule has 1 amide bonds. The molecule has 2 heteroatoms. The lowest BCUT2D eigenvalue weighted by molar-refractivity contribution is 0.0750. The van der Waals surface area contributed by atoms with Crippen molar-refractivity contribution in [2.75, 3.05) is 13.1 Å². The van der Waals surface area contributed by atoms with Crippen LogP contribution in [0, 0.1) is 12.3 Å². The monoisotopic (exact) mass is 200 g/mol. The fourth-order valence-corrected chi connectivity index (χ4v) is 2.10. The van der Waals surface area contributed by atoms with Gasteiger partial charge < -0.3 is 4.90 Å². The third kappa shape index (κ3) is 1.65. The summed E-state index contributed by atoms with van der Waals surface area (Å²) in [6, 6.07) is 7.86. The van der Waals surface area contributed by atoms with Gasteiger partial charge in [0.05, 0.1) is 0 Å². The summed E-state index contributed by atoms with van der Waals surface area (Å²) in [5.41, 5.74) is 1.96. The summed E-state index contributed by atoms with van der Waals surface area (Å²) in [6.07, 6.45) is 4.75. The lowest BCUT2D eigenvalue weighted by Crippen LogP contribution is -2.38. The van der Waals surface area contributed by atoms with E-state index in [1.807, 2.05) is 29.2 Å². The van der Waals surface area contributed by atoms with E-state index in [1.54, 1.807) is 0 Å². The highest BCUT2D eigenvalue weighted by Crippen LogP contribution is 2.31. The quantitative estimate of drug-likeness (QED) is 0.716. The molecule has 0 atom stereocenters. The van der Waals surface area contributed by atoms with Gasteiger partial charge in [-0.05, 0) is 30.4 Å². The summed E-state index contributed by atoms with van der Waals surface area (Å²) >= 11 is 0. The molecule has 1 fully saturated rings. The summed E-state index contributed by atoms with van der Waals surface area (Å²) < 4.78 is 0. The normalized spacial score (nSPS) is 20.3. The van der Waals surface area contributed by atoms with Crippen LogP contribution in [0.5, 0.6) is 0 Å². The molecule has 77 valence electrons. The van der Waals surface area contributed by atoms with Gasteiger partial charge in [-0.3, -0.25) is 4.79 Å². The number of carbonyl (C=O) groups is 1. The van der Waals surface area contributed by atoms with Crippen molar-refractivity contribution in [2.45, 2.75) is 12.8 Å². The SMILES string of the molecule is O=C1c2ccccc2[CH]CN1CC1CC1. The molecule has 1 radical (unpaired) electrons. The van der Waals surface area contributed by atoms with Gasteiger partial charge in [0, 0.05) is 25.1 Å². The van der Waals surface area contributed by atoms with Gasteiger partial charge in [0.1, 0.15) is 0 Å². The maximum atomic E-state index is 12.1. The minimum absolute atomic E-state index is 0.208. The Balaban J connectivity index is 1.84. The average Bonchev–Trinajstić information content (AvgIpc) is 3.07. The molecular weight excluding hydrogens is 186 g/mol. The van der Waals surface area contributed by atoms with Crippen LogP contribution in [0.1, 0.15) is 28.8 Å². The Morgan fingerprint density at radius 2 is 2.07 bits per heavy atom. The van der Waals surface area contributed by atoms with E-state index >= 15 is 0 Å². The Hall–Kier alpha value is -1.31. The molecule has 0 N–H and O–H groups in total. The standard InChI is InChI=1S/C13H14NO/c15-13-12-4-2-1-3-11(12)7-8-14(13)9-10-5-6-10/h1-4,7,10H,5-6,8-9H2. The molecule has 3 rings (SSSR count). The molecule has 1 aromatic rings. The van der Waals surface area contributed by atoms with E-state index < -0.39 is 0 Å². The largest absolute Gasteiger partial charge is 0.338 e. The number of hydrogen-bond donors (Lipinski definition) is 0. The van der Waals surface area contributed by atoms with Crippen LogP contribution in [-0.2, 0) is 0 Å². The first-order valence-electron chi connectivity index (χ1n) is 5.56. The molecule has 0 saturated heterocycles. The molecule has 0 bridgehead atoms. The Bertz CT molecular complexity index is 395. The molecule has 1 aliphatic heterocycles. The number of fused-ring (bicyclic) bond motifs is 1. The highest BCUT2D eigenvalue weighted by Gasteiger charge is 2.30. The smallest absolute Gasteiger partial charge is 0.254 e. The predicted octanol–water partition coefficient (Wildman–Crippen LogP) is 2.10. The van der Waals surface area contributed by atoms with Gasteiger partial charge in [-0.1, -0.05) is 18.2 Å². The summed E-state index contributed by atoms with van der Waals surface area (Å²) in [4.78, 5) is 14.1. The van der Waals surface area contributed by atoms with Crippen molar-refractivity contribution in [1.29, 1.82) is 0 Å². The molecule has 15 heavy (non-hydrogen) atoms. The number of nitrogens with zero attached hydrogens (tertiary/aromatic N) is 1. The lowest BCUT2D eigenvalue weighted by atomic mass is 9.99. The van der Waals surface area contributed by atoms with Gasteiger partial charge in [0.2, 0.25) is 0 Å². The molecule has 1 aromatic carbocycles. The molecule has 0 aromatic heterocycles. The first-order valence-corrected chi connectivity index (χ1v) is 5.56. The van der Waals surface area contributed by atoms with Crippen LogP contribution in [0.15, 0.2) is 24.3 Å². The van der Waals surface area contributed by atoms with Crippen LogP contribution >= 0.6 is 0 Å². The summed E-state index contributed by atoms with van der Waals surface area (Å²) in [5.74, 6) is 0.979. The second-order valence-corrected chi connectivity index (χ2v) is 4.44. The number of benzene rings is 1. The Kier molecular flexibility index (Phi) is 2.01. The highest BCUT2D eigenvalue weighted by atomic mass is 16.2. The van der Waals surface area contributed by atoms with Crippen LogP contribution in [0.4, 0.5) is 0 Å². The Morgan fingerprint density at radius 3 is 2.87 bits per heavy atom. The number of hydrogen-bond acceptors (Lipinski definition) is 1. The van der Waals surface area contributed by atoms with Gasteiger partial charge >= 0.3 is 0 Å². The number of amides is 1. The predicted molar refractivity (Wildman–Crippen MR) is 58.5 cm³/mol. The van der Waals surface area contributed by atoms with Crippen LogP contribution in [0.3, 0.4) is 0 Å². The number of carbonyl (C=O) groups excluding carboxylic acids is 1. The van der Waals surface area contributed by atoms with E-state index in [1.165, 1.54) is 12.8 Å². The Labute approximate surface area is 89.9 Å². The van der Waals surface area contributed by atoms with Crippen molar-refractivity contribution >= 4 is 5.91 Å². The maximum absolute atomic E-state index is 12.1. The lowest BCUT2D eigenvalue weighted by Gasteiger charge is -2.28. The molecule has 0 spiro atoms. The van der Waals surface area contributed by atoms with E-state index in [9.17, 15) is 4.79 Å². The van der Waals surface area contributed by atoms with E-state index in [4.69, 9.17) is 0 Å². The van der Waals surface area contributed by atoms with Crippen LogP contribution in [-0.4, -0.2) is 23.9 Å². The summed E-state index contributed by atoms with van der Waals surface area (Å²) in [5, 5.41) is 0. The highest BCUT2D eigenvalue weighted by molar-refractivity contribution is 5.97. The van der Waals surface area contributed by atoms with Crippen molar-refractivity contribution in [3.8, 4) is 0 Å². The zero-order valence-electron chi connectivity index (χ0n) is 8.65. The van der Waals surface area contributed by atoms with E-state index in [0.717, 1.165) is 30.1 Å². The molecule has 0 unspecified atom stereocenters. The van der Waals surface area contributed by atoms with Crippen molar-refractivity contribution < 1.29 is 4.79 Å². The Morgan fingerprint density at radius 1 is 1.27 bits per heavy atom. The third-order valence-corrected chi connectivity index (χ3v) is 3.19. The maximum Gasteiger partial charge on any atom is 0.254 e. The minimum atomic E-state index is 0.208. The van der Waals surface area contributed by atoms with Gasteiger partial charge in [-0.25, -0.2) is 0 Å². The summed E-state index contributed by atoms with van der Waals surface area (Å²) in [7, 11) is 0. The second-order valence-electron chi connectivity index (χ2n) is 4.44. The van der Waals surface area contributed by atoms with E-state index in [0.29, 0.717) is 0 Å². The first kappa shape index (κ1) is 8.96. The summed E-state index contributed by atoms with van der Waals surface area (Å²) in [6.45, 7) is 1.73. The number of rotatable bonds is 2. The fourth-order valence-electron chi connectivity index (χ4n) is 2.10. The van der Waals surface area contributed by atoms with E-state index in [-0.39, 0.29) is 5.91 Å². The van der Waals surface area contributed by atoms with Crippen LogP contribution in [0.25, 0.3) is 0 Å². The second kappa shape index (κ2) is 3.37. The topological polar surface area (TPSA) is 20.3 Å². The molecule has 1 heterocycles. The van der Waals surface area contributed by atoms with Crippen molar-refractivity contribution in [2.24, 2.45) is 5.92 Å². The van der Waals surface area contributed by atoms with Crippen molar-refractivity contribution in [3.63, 3.8) is 0 Å². The van der Waals surface area contributed by atoms with Crippen LogP contribution in [0.2, 0.25) is 0 Å². The van der Waals surface area contributed by atoms with Gasteiger partial charge in [-0.15, -0.1) is 0 Å². The van der Waals surface area contributed by atoms with Crippen molar-refractivity contribution in [1.82, 2.24) is 4.90 Å². The molecule has 2 aliphatic rings. The van der Waals surface area contributed by atoms with Gasteiger partial charge in [0.15, 0.2) is 0 Å². The van der Waals surface area contributed by atoms with Crippen molar-refractivity contribution in [3.05, 3.63) is 41.8 Å². The molecular formula is C13H14NO. The third-order valence-electron chi connectivity index (χ3n) is 3.19. The molecule has 2 nitrogen and oxygen atoms in total. The minimum Gasteiger partial charge on any atom is -0.338 e.